The van der Waals surface area contributed by atoms with Gasteiger partial charge in [-0.15, -0.1) is 0 Å². The monoisotopic (exact) mass is 441 g/mol. The molecule has 0 fully saturated rings. The highest BCUT2D eigenvalue weighted by atomic mass is 32.2. The van der Waals surface area contributed by atoms with E-state index in [-0.39, 0.29) is 34.3 Å². The van der Waals surface area contributed by atoms with E-state index in [0.717, 1.165) is 24.3 Å². The Morgan fingerprint density at radius 2 is 1.52 bits per heavy atom. The predicted octanol–water partition coefficient (Wildman–Crippen LogP) is 3.04. The van der Waals surface area contributed by atoms with Crippen molar-refractivity contribution >= 4 is 31.4 Å². The molecule has 0 atom stereocenters. The van der Waals surface area contributed by atoms with Gasteiger partial charge in [0, 0.05) is 25.2 Å². The Balaban J connectivity index is 2.49. The molecular weight excluding hydrogens is 418 g/mol. The molecular formula is C18H23N3O6S2. The molecule has 2 rings (SSSR count). The van der Waals surface area contributed by atoms with Crippen LogP contribution in [-0.2, 0) is 20.0 Å². The van der Waals surface area contributed by atoms with Crippen LogP contribution in [0, 0.1) is 24.0 Å². The molecule has 2 aromatic carbocycles. The molecule has 0 unspecified atom stereocenters. The van der Waals surface area contributed by atoms with Gasteiger partial charge in [0.05, 0.1) is 20.4 Å². The summed E-state index contributed by atoms with van der Waals surface area (Å²) in [6, 6.07) is 7.23. The van der Waals surface area contributed by atoms with E-state index in [2.05, 4.69) is 4.72 Å². The number of aryl methyl sites for hydroxylation is 1. The molecule has 0 aliphatic heterocycles. The van der Waals surface area contributed by atoms with Gasteiger partial charge in [-0.05, 0) is 49.2 Å². The molecule has 0 radical (unpaired) electrons. The minimum absolute atomic E-state index is 0.00861. The summed E-state index contributed by atoms with van der Waals surface area (Å²) in [5.41, 5.74) is 1.09. The number of hydrogen-bond acceptors (Lipinski definition) is 6. The van der Waals surface area contributed by atoms with Crippen LogP contribution in [0.4, 0.5) is 11.4 Å². The molecule has 2 aromatic rings. The normalized spacial score (nSPS) is 12.2. The highest BCUT2D eigenvalue weighted by Gasteiger charge is 2.25. The number of nitro groups is 1. The summed E-state index contributed by atoms with van der Waals surface area (Å²) in [7, 11) is -7.84. The van der Waals surface area contributed by atoms with Gasteiger partial charge in [0.15, 0.2) is 0 Å². The number of hydrogen-bond donors (Lipinski definition) is 1. The summed E-state index contributed by atoms with van der Waals surface area (Å²) >= 11 is 0. The molecule has 0 aliphatic rings. The van der Waals surface area contributed by atoms with Crippen LogP contribution >= 0.6 is 0 Å². The van der Waals surface area contributed by atoms with Gasteiger partial charge < -0.3 is 0 Å². The zero-order valence-corrected chi connectivity index (χ0v) is 18.2. The Kier molecular flexibility index (Phi) is 6.66. The van der Waals surface area contributed by atoms with Crippen molar-refractivity contribution in [3.63, 3.8) is 0 Å². The van der Waals surface area contributed by atoms with Crippen molar-refractivity contribution < 1.29 is 21.8 Å². The molecule has 29 heavy (non-hydrogen) atoms. The number of non-ortho nitro benzene ring substituents is 1. The summed E-state index contributed by atoms with van der Waals surface area (Å²) in [6.45, 7) is 7.39. The highest BCUT2D eigenvalue weighted by molar-refractivity contribution is 7.92. The zero-order chi connectivity index (χ0) is 22.0. The van der Waals surface area contributed by atoms with Gasteiger partial charge >= 0.3 is 0 Å². The van der Waals surface area contributed by atoms with Crippen LogP contribution in [-0.4, -0.2) is 39.2 Å². The van der Waals surface area contributed by atoms with Crippen LogP contribution in [0.3, 0.4) is 0 Å². The van der Waals surface area contributed by atoms with Crippen LogP contribution in [0.15, 0.2) is 46.2 Å². The molecule has 0 bridgehead atoms. The lowest BCUT2D eigenvalue weighted by Gasteiger charge is -2.20. The first-order chi connectivity index (χ1) is 13.4. The summed E-state index contributed by atoms with van der Waals surface area (Å²) in [6.07, 6.45) is 0. The third kappa shape index (κ3) is 4.74. The number of sulfonamides is 2. The number of anilines is 1. The van der Waals surface area contributed by atoms with Crippen LogP contribution in [0.2, 0.25) is 0 Å². The Hall–Kier alpha value is -2.50. The number of rotatable bonds is 8. The van der Waals surface area contributed by atoms with Crippen LogP contribution in [0.5, 0.6) is 0 Å². The van der Waals surface area contributed by atoms with E-state index < -0.39 is 25.0 Å². The summed E-state index contributed by atoms with van der Waals surface area (Å²) in [4.78, 5) is 9.95. The second-order valence-corrected chi connectivity index (χ2v) is 9.98. The van der Waals surface area contributed by atoms with E-state index in [1.807, 2.05) is 0 Å². The number of benzene rings is 2. The molecule has 0 heterocycles. The lowest BCUT2D eigenvalue weighted by Crippen LogP contribution is -2.30. The molecule has 0 amide bonds. The predicted molar refractivity (Wildman–Crippen MR) is 110 cm³/mol. The maximum atomic E-state index is 12.8. The van der Waals surface area contributed by atoms with Gasteiger partial charge in [-0.1, -0.05) is 13.8 Å². The summed E-state index contributed by atoms with van der Waals surface area (Å²) in [5, 5.41) is 10.8. The molecule has 0 aromatic heterocycles. The molecule has 1 N–H and O–H groups in total. The third-order valence-corrected chi connectivity index (χ3v) is 8.00. The van der Waals surface area contributed by atoms with E-state index in [9.17, 15) is 26.9 Å². The summed E-state index contributed by atoms with van der Waals surface area (Å²) in [5.74, 6) is 0. The topological polar surface area (TPSA) is 127 Å². The van der Waals surface area contributed by atoms with E-state index in [0.29, 0.717) is 11.1 Å². The van der Waals surface area contributed by atoms with Gasteiger partial charge in [-0.2, -0.15) is 4.31 Å². The maximum absolute atomic E-state index is 12.8. The average molecular weight is 442 g/mol. The van der Waals surface area contributed by atoms with Crippen LogP contribution in [0.25, 0.3) is 0 Å². The molecule has 0 saturated heterocycles. The average Bonchev–Trinajstić information content (AvgIpc) is 2.65. The Labute approximate surface area is 170 Å². The zero-order valence-electron chi connectivity index (χ0n) is 16.5. The first-order valence-corrected chi connectivity index (χ1v) is 11.7. The fraction of sp³-hybridized carbons (Fsp3) is 0.333. The van der Waals surface area contributed by atoms with Crippen molar-refractivity contribution in [2.75, 3.05) is 17.8 Å². The Bertz CT molecular complexity index is 1120. The lowest BCUT2D eigenvalue weighted by molar-refractivity contribution is -0.384. The molecule has 0 saturated carbocycles. The second-order valence-electron chi connectivity index (χ2n) is 6.36. The van der Waals surface area contributed by atoms with Gasteiger partial charge in [0.2, 0.25) is 10.0 Å². The van der Waals surface area contributed by atoms with Crippen molar-refractivity contribution in [2.24, 2.45) is 0 Å². The van der Waals surface area contributed by atoms with Gasteiger partial charge in [0.25, 0.3) is 15.7 Å². The summed E-state index contributed by atoms with van der Waals surface area (Å²) < 4.78 is 54.8. The van der Waals surface area contributed by atoms with Gasteiger partial charge in [-0.3, -0.25) is 14.8 Å². The molecule has 0 aliphatic carbocycles. The quantitative estimate of drug-likeness (QED) is 0.495. The Morgan fingerprint density at radius 1 is 0.966 bits per heavy atom. The van der Waals surface area contributed by atoms with Crippen molar-refractivity contribution in [3.8, 4) is 0 Å². The third-order valence-electron chi connectivity index (χ3n) is 4.59. The Morgan fingerprint density at radius 3 is 2.00 bits per heavy atom. The van der Waals surface area contributed by atoms with Crippen molar-refractivity contribution in [2.45, 2.75) is 37.5 Å². The van der Waals surface area contributed by atoms with E-state index in [1.165, 1.54) is 16.4 Å². The second kappa shape index (κ2) is 8.47. The standard InChI is InChI=1S/C18H23N3O6S2/c1-5-20(6-2)29(26,27)17-11-13(3)14(4)18(12-17)19-28(24,25)16-9-7-15(8-10-16)21(22)23/h7-12,19H,5-6H2,1-4H3. The van der Waals surface area contributed by atoms with E-state index >= 15 is 0 Å². The van der Waals surface area contributed by atoms with Crippen molar-refractivity contribution in [1.82, 2.24) is 4.31 Å². The number of nitro benzene ring substituents is 1. The van der Waals surface area contributed by atoms with E-state index in [4.69, 9.17) is 0 Å². The van der Waals surface area contributed by atoms with Crippen LogP contribution in [0.1, 0.15) is 25.0 Å². The van der Waals surface area contributed by atoms with Crippen molar-refractivity contribution in [1.29, 1.82) is 0 Å². The maximum Gasteiger partial charge on any atom is 0.269 e. The van der Waals surface area contributed by atoms with Crippen molar-refractivity contribution in [3.05, 3.63) is 57.6 Å². The number of nitrogens with zero attached hydrogens (tertiary/aromatic N) is 2. The van der Waals surface area contributed by atoms with Gasteiger partial charge in [-0.25, -0.2) is 16.8 Å². The minimum atomic E-state index is -4.07. The molecule has 0 spiro atoms. The largest absolute Gasteiger partial charge is 0.279 e. The van der Waals surface area contributed by atoms with Crippen LogP contribution < -0.4 is 4.72 Å². The first-order valence-electron chi connectivity index (χ1n) is 8.82. The number of nitrogens with one attached hydrogen (secondary N) is 1. The molecule has 158 valence electrons. The molecule has 9 nitrogen and oxygen atoms in total. The highest BCUT2D eigenvalue weighted by Crippen LogP contribution is 2.28. The minimum Gasteiger partial charge on any atom is -0.279 e. The fourth-order valence-electron chi connectivity index (χ4n) is 2.74. The fourth-order valence-corrected chi connectivity index (χ4v) is 5.43. The van der Waals surface area contributed by atoms with Gasteiger partial charge in [0.1, 0.15) is 0 Å². The SMILES string of the molecule is CCN(CC)S(=O)(=O)c1cc(C)c(C)c(NS(=O)(=O)c2ccc([N+](=O)[O-])cc2)c1. The lowest BCUT2D eigenvalue weighted by atomic mass is 10.1. The van der Waals surface area contributed by atoms with E-state index in [1.54, 1.807) is 27.7 Å². The smallest absolute Gasteiger partial charge is 0.269 e. The molecule has 11 heteroatoms. The first kappa shape index (κ1) is 22.8.